The number of hydrogen-bond donors (Lipinski definition) is 0. The summed E-state index contributed by atoms with van der Waals surface area (Å²) in [4.78, 5) is 0.248. The molecule has 0 spiro atoms. The molecule has 1 atom stereocenters. The zero-order valence-corrected chi connectivity index (χ0v) is 14.9. The van der Waals surface area contributed by atoms with E-state index in [9.17, 15) is 0 Å². The molecule has 0 aliphatic rings. The highest BCUT2D eigenvalue weighted by Gasteiger charge is 2.14. The standard InChI is InChI=1S/C17H18Br2/c1-10-5-11(2)7-14(6-10)17(19)15-8-13(4)16(18)9-12(15)3/h5-9,17H,1-4H3. The van der Waals surface area contributed by atoms with E-state index in [2.05, 4.69) is 89.9 Å². The SMILES string of the molecule is Cc1cc(C)cc(C(Br)c2cc(C)c(Br)cc2C)c1. The highest BCUT2D eigenvalue weighted by Crippen LogP contribution is 2.35. The zero-order chi connectivity index (χ0) is 14.2. The third-order valence-electron chi connectivity index (χ3n) is 3.36. The van der Waals surface area contributed by atoms with E-state index in [1.54, 1.807) is 0 Å². The average molecular weight is 382 g/mol. The normalized spacial score (nSPS) is 12.5. The Kier molecular flexibility index (Phi) is 4.52. The molecule has 100 valence electrons. The number of rotatable bonds is 2. The van der Waals surface area contributed by atoms with Crippen LogP contribution >= 0.6 is 31.9 Å². The van der Waals surface area contributed by atoms with Crippen LogP contribution in [0.5, 0.6) is 0 Å². The molecule has 0 bridgehead atoms. The van der Waals surface area contributed by atoms with Gasteiger partial charge in [-0.15, -0.1) is 0 Å². The first kappa shape index (κ1) is 14.8. The maximum atomic E-state index is 3.86. The van der Waals surface area contributed by atoms with Crippen LogP contribution in [0.3, 0.4) is 0 Å². The van der Waals surface area contributed by atoms with Crippen LogP contribution in [0, 0.1) is 27.7 Å². The Morgan fingerprint density at radius 1 is 0.789 bits per heavy atom. The molecule has 0 heterocycles. The summed E-state index contributed by atoms with van der Waals surface area (Å²) in [7, 11) is 0. The molecule has 0 fully saturated rings. The van der Waals surface area contributed by atoms with Crippen LogP contribution < -0.4 is 0 Å². The molecule has 2 heteroatoms. The predicted molar refractivity (Wildman–Crippen MR) is 90.3 cm³/mol. The largest absolute Gasteiger partial charge is 0.0786 e. The molecule has 0 saturated heterocycles. The summed E-state index contributed by atoms with van der Waals surface area (Å²) in [6.45, 7) is 8.59. The summed E-state index contributed by atoms with van der Waals surface area (Å²) in [5.41, 5.74) is 7.86. The van der Waals surface area contributed by atoms with E-state index in [0.29, 0.717) is 0 Å². The third-order valence-corrected chi connectivity index (χ3v) is 5.23. The van der Waals surface area contributed by atoms with Crippen molar-refractivity contribution in [1.29, 1.82) is 0 Å². The zero-order valence-electron chi connectivity index (χ0n) is 11.7. The van der Waals surface area contributed by atoms with Crippen molar-refractivity contribution in [3.63, 3.8) is 0 Å². The minimum absolute atomic E-state index is 0.248. The molecular weight excluding hydrogens is 364 g/mol. The smallest absolute Gasteiger partial charge is 0.0647 e. The second-order valence-electron chi connectivity index (χ2n) is 5.24. The molecule has 0 N–H and O–H groups in total. The van der Waals surface area contributed by atoms with E-state index in [-0.39, 0.29) is 4.83 Å². The number of aryl methyl sites for hydroxylation is 4. The lowest BCUT2D eigenvalue weighted by Gasteiger charge is -2.16. The molecule has 0 radical (unpaired) electrons. The van der Waals surface area contributed by atoms with Crippen molar-refractivity contribution >= 4 is 31.9 Å². The maximum Gasteiger partial charge on any atom is 0.0647 e. The van der Waals surface area contributed by atoms with Crippen LogP contribution in [-0.4, -0.2) is 0 Å². The van der Waals surface area contributed by atoms with Crippen molar-refractivity contribution in [3.05, 3.63) is 68.2 Å². The van der Waals surface area contributed by atoms with Gasteiger partial charge in [0.2, 0.25) is 0 Å². The van der Waals surface area contributed by atoms with Crippen LogP contribution in [-0.2, 0) is 0 Å². The van der Waals surface area contributed by atoms with E-state index in [1.807, 2.05) is 0 Å². The first-order valence-electron chi connectivity index (χ1n) is 6.37. The number of alkyl halides is 1. The van der Waals surface area contributed by atoms with Crippen molar-refractivity contribution in [2.75, 3.05) is 0 Å². The Labute approximate surface area is 132 Å². The van der Waals surface area contributed by atoms with Crippen molar-refractivity contribution in [3.8, 4) is 0 Å². The Balaban J connectivity index is 2.49. The quantitative estimate of drug-likeness (QED) is 0.546. The van der Waals surface area contributed by atoms with Gasteiger partial charge < -0.3 is 0 Å². The number of hydrogen-bond acceptors (Lipinski definition) is 0. The van der Waals surface area contributed by atoms with Crippen molar-refractivity contribution in [2.24, 2.45) is 0 Å². The lowest BCUT2D eigenvalue weighted by atomic mass is 9.96. The first-order chi connectivity index (χ1) is 8.88. The molecule has 0 aromatic heterocycles. The molecule has 0 amide bonds. The summed E-state index contributed by atoms with van der Waals surface area (Å²) >= 11 is 7.45. The minimum atomic E-state index is 0.248. The van der Waals surface area contributed by atoms with Crippen LogP contribution in [0.25, 0.3) is 0 Å². The lowest BCUT2D eigenvalue weighted by molar-refractivity contribution is 1.11. The van der Waals surface area contributed by atoms with Crippen molar-refractivity contribution in [2.45, 2.75) is 32.5 Å². The fraction of sp³-hybridized carbons (Fsp3) is 0.294. The van der Waals surface area contributed by atoms with E-state index < -0.39 is 0 Å². The molecular formula is C17H18Br2. The summed E-state index contributed by atoms with van der Waals surface area (Å²) in [5, 5.41) is 0. The Morgan fingerprint density at radius 2 is 1.37 bits per heavy atom. The van der Waals surface area contributed by atoms with Gasteiger partial charge in [0.15, 0.2) is 0 Å². The lowest BCUT2D eigenvalue weighted by Crippen LogP contribution is -1.98. The highest BCUT2D eigenvalue weighted by atomic mass is 79.9. The van der Waals surface area contributed by atoms with Gasteiger partial charge in [-0.05, 0) is 56.0 Å². The molecule has 0 aliphatic heterocycles. The van der Waals surface area contributed by atoms with Crippen LogP contribution in [0.15, 0.2) is 34.8 Å². The topological polar surface area (TPSA) is 0 Å². The molecule has 1 unspecified atom stereocenters. The first-order valence-corrected chi connectivity index (χ1v) is 8.08. The second kappa shape index (κ2) is 5.80. The average Bonchev–Trinajstić information content (AvgIpc) is 2.31. The summed E-state index contributed by atoms with van der Waals surface area (Å²) in [5.74, 6) is 0. The fourth-order valence-electron chi connectivity index (χ4n) is 2.41. The van der Waals surface area contributed by atoms with Crippen LogP contribution in [0.2, 0.25) is 0 Å². The van der Waals surface area contributed by atoms with Gasteiger partial charge in [0, 0.05) is 4.47 Å². The molecule has 2 aromatic carbocycles. The van der Waals surface area contributed by atoms with E-state index in [1.165, 1.54) is 37.9 Å². The second-order valence-corrected chi connectivity index (χ2v) is 7.01. The minimum Gasteiger partial charge on any atom is -0.0786 e. The van der Waals surface area contributed by atoms with Gasteiger partial charge in [-0.25, -0.2) is 0 Å². The maximum absolute atomic E-state index is 3.86. The van der Waals surface area contributed by atoms with Gasteiger partial charge in [0.05, 0.1) is 4.83 Å². The van der Waals surface area contributed by atoms with Gasteiger partial charge >= 0.3 is 0 Å². The van der Waals surface area contributed by atoms with E-state index in [0.717, 1.165) is 0 Å². The summed E-state index contributed by atoms with van der Waals surface area (Å²) in [6.07, 6.45) is 0. The monoisotopic (exact) mass is 380 g/mol. The number of benzene rings is 2. The van der Waals surface area contributed by atoms with Gasteiger partial charge in [-0.3, -0.25) is 0 Å². The Hall–Kier alpha value is -0.600. The highest BCUT2D eigenvalue weighted by molar-refractivity contribution is 9.10. The molecule has 2 aromatic rings. The molecule has 2 rings (SSSR count). The van der Waals surface area contributed by atoms with Crippen LogP contribution in [0.1, 0.15) is 38.2 Å². The Bertz CT molecular complexity index is 595. The van der Waals surface area contributed by atoms with Crippen molar-refractivity contribution < 1.29 is 0 Å². The summed E-state index contributed by atoms with van der Waals surface area (Å²) < 4.78 is 1.17. The van der Waals surface area contributed by atoms with E-state index in [4.69, 9.17) is 0 Å². The van der Waals surface area contributed by atoms with Gasteiger partial charge in [-0.1, -0.05) is 67.3 Å². The molecule has 0 nitrogen and oxygen atoms in total. The Morgan fingerprint density at radius 3 is 1.95 bits per heavy atom. The molecule has 19 heavy (non-hydrogen) atoms. The molecule has 0 aliphatic carbocycles. The van der Waals surface area contributed by atoms with E-state index >= 15 is 0 Å². The van der Waals surface area contributed by atoms with Gasteiger partial charge in [0.1, 0.15) is 0 Å². The van der Waals surface area contributed by atoms with Gasteiger partial charge in [0.25, 0.3) is 0 Å². The predicted octanol–water partition coefficient (Wildman–Crippen LogP) is 6.17. The van der Waals surface area contributed by atoms with Gasteiger partial charge in [-0.2, -0.15) is 0 Å². The summed E-state index contributed by atoms with van der Waals surface area (Å²) in [6, 6.07) is 11.2. The fourth-order valence-corrected chi connectivity index (χ4v) is 3.63. The molecule has 0 saturated carbocycles. The van der Waals surface area contributed by atoms with Crippen molar-refractivity contribution in [1.82, 2.24) is 0 Å². The number of halogens is 2. The van der Waals surface area contributed by atoms with Crippen LogP contribution in [0.4, 0.5) is 0 Å². The third kappa shape index (κ3) is 3.29.